The van der Waals surface area contributed by atoms with Crippen molar-refractivity contribution in [1.82, 2.24) is 0 Å². The smallest absolute Gasteiger partial charge is 0.303 e. The lowest BCUT2D eigenvalue weighted by atomic mass is 9.95. The molecule has 2 nitrogen and oxygen atoms in total. The number of hydrogen-bond donors (Lipinski definition) is 1. The van der Waals surface area contributed by atoms with Gasteiger partial charge >= 0.3 is 5.97 Å². The standard InChI is InChI=1S/C13H15BrO2/c14-12-5-3-10(4-6-12)11-2-1-9(7-11)8-13(15)16/h3-6,9,11H,1-2,7-8H2,(H,15,16). The molecule has 2 rings (SSSR count). The molecule has 1 aliphatic rings. The van der Waals surface area contributed by atoms with Crippen molar-refractivity contribution in [3.63, 3.8) is 0 Å². The summed E-state index contributed by atoms with van der Waals surface area (Å²) in [5.74, 6) is 0.255. The molecule has 2 unspecified atom stereocenters. The van der Waals surface area contributed by atoms with E-state index in [2.05, 4.69) is 40.2 Å². The zero-order chi connectivity index (χ0) is 11.5. The number of carboxylic acids is 1. The highest BCUT2D eigenvalue weighted by molar-refractivity contribution is 9.10. The molecule has 0 aromatic heterocycles. The Morgan fingerprint density at radius 3 is 2.62 bits per heavy atom. The van der Waals surface area contributed by atoms with E-state index in [-0.39, 0.29) is 0 Å². The average Bonchev–Trinajstić information content (AvgIpc) is 2.66. The Morgan fingerprint density at radius 2 is 2.00 bits per heavy atom. The molecule has 0 radical (unpaired) electrons. The molecule has 1 fully saturated rings. The predicted octanol–water partition coefficient (Wildman–Crippen LogP) is 3.81. The summed E-state index contributed by atoms with van der Waals surface area (Å²) < 4.78 is 1.09. The van der Waals surface area contributed by atoms with Crippen molar-refractivity contribution in [3.05, 3.63) is 34.3 Å². The molecule has 16 heavy (non-hydrogen) atoms. The zero-order valence-electron chi connectivity index (χ0n) is 9.03. The Bertz CT molecular complexity index is 372. The first-order chi connectivity index (χ1) is 7.65. The summed E-state index contributed by atoms with van der Waals surface area (Å²) in [5.41, 5.74) is 1.34. The molecule has 0 spiro atoms. The number of rotatable bonds is 3. The molecule has 1 aromatic carbocycles. The normalized spacial score (nSPS) is 24.6. The van der Waals surface area contributed by atoms with Gasteiger partial charge in [-0.05, 0) is 48.8 Å². The highest BCUT2D eigenvalue weighted by Crippen LogP contribution is 2.39. The van der Waals surface area contributed by atoms with Crippen LogP contribution in [0.15, 0.2) is 28.7 Å². The van der Waals surface area contributed by atoms with Crippen LogP contribution in [0.25, 0.3) is 0 Å². The van der Waals surface area contributed by atoms with Gasteiger partial charge in [0, 0.05) is 10.9 Å². The molecule has 0 heterocycles. The van der Waals surface area contributed by atoms with E-state index >= 15 is 0 Å². The van der Waals surface area contributed by atoms with Gasteiger partial charge in [0.2, 0.25) is 0 Å². The summed E-state index contributed by atoms with van der Waals surface area (Å²) in [5, 5.41) is 8.76. The van der Waals surface area contributed by atoms with E-state index in [0.717, 1.165) is 23.7 Å². The van der Waals surface area contributed by atoms with Crippen LogP contribution in [-0.4, -0.2) is 11.1 Å². The molecule has 86 valence electrons. The molecule has 1 aromatic rings. The molecule has 0 amide bonds. The third kappa shape index (κ3) is 2.85. The second kappa shape index (κ2) is 5.00. The lowest BCUT2D eigenvalue weighted by molar-refractivity contribution is -0.138. The molecule has 1 aliphatic carbocycles. The van der Waals surface area contributed by atoms with E-state index in [0.29, 0.717) is 18.3 Å². The molecule has 1 saturated carbocycles. The SMILES string of the molecule is O=C(O)CC1CCC(c2ccc(Br)cc2)C1. The van der Waals surface area contributed by atoms with E-state index in [1.54, 1.807) is 0 Å². The lowest BCUT2D eigenvalue weighted by Crippen LogP contribution is -2.04. The fraction of sp³-hybridized carbons (Fsp3) is 0.462. The molecule has 0 saturated heterocycles. The molecule has 0 bridgehead atoms. The van der Waals surface area contributed by atoms with Gasteiger partial charge in [0.25, 0.3) is 0 Å². The Hall–Kier alpha value is -0.830. The van der Waals surface area contributed by atoms with E-state index in [1.165, 1.54) is 5.56 Å². The van der Waals surface area contributed by atoms with Gasteiger partial charge in [-0.3, -0.25) is 4.79 Å². The molecular weight excluding hydrogens is 268 g/mol. The van der Waals surface area contributed by atoms with Gasteiger partial charge in [0.15, 0.2) is 0 Å². The Labute approximate surface area is 104 Å². The van der Waals surface area contributed by atoms with Gasteiger partial charge in [-0.15, -0.1) is 0 Å². The van der Waals surface area contributed by atoms with Crippen LogP contribution in [0.2, 0.25) is 0 Å². The third-order valence-electron chi connectivity index (χ3n) is 3.35. The Kier molecular flexibility index (Phi) is 3.64. The van der Waals surface area contributed by atoms with Crippen LogP contribution in [0.1, 0.15) is 37.2 Å². The minimum absolute atomic E-state index is 0.326. The monoisotopic (exact) mass is 282 g/mol. The van der Waals surface area contributed by atoms with Crippen LogP contribution in [0, 0.1) is 5.92 Å². The number of aliphatic carboxylic acids is 1. The highest BCUT2D eigenvalue weighted by Gasteiger charge is 2.27. The minimum atomic E-state index is -0.665. The first-order valence-corrected chi connectivity index (χ1v) is 6.41. The van der Waals surface area contributed by atoms with Crippen LogP contribution in [0.5, 0.6) is 0 Å². The zero-order valence-corrected chi connectivity index (χ0v) is 10.6. The first-order valence-electron chi connectivity index (χ1n) is 5.62. The molecule has 3 heteroatoms. The quantitative estimate of drug-likeness (QED) is 0.916. The van der Waals surface area contributed by atoms with Crippen LogP contribution in [0.3, 0.4) is 0 Å². The molecule has 1 N–H and O–H groups in total. The largest absolute Gasteiger partial charge is 0.481 e. The van der Waals surface area contributed by atoms with Crippen molar-refractivity contribution in [1.29, 1.82) is 0 Å². The topological polar surface area (TPSA) is 37.3 Å². The van der Waals surface area contributed by atoms with Crippen LogP contribution in [0.4, 0.5) is 0 Å². The van der Waals surface area contributed by atoms with Gasteiger partial charge in [0.1, 0.15) is 0 Å². The second-order valence-corrected chi connectivity index (χ2v) is 5.44. The van der Waals surface area contributed by atoms with Crippen LogP contribution in [-0.2, 0) is 4.79 Å². The third-order valence-corrected chi connectivity index (χ3v) is 3.87. The van der Waals surface area contributed by atoms with Crippen molar-refractivity contribution in [2.45, 2.75) is 31.6 Å². The summed E-state index contributed by atoms with van der Waals surface area (Å²) in [6.07, 6.45) is 3.52. The van der Waals surface area contributed by atoms with Crippen LogP contribution >= 0.6 is 15.9 Å². The summed E-state index contributed by atoms with van der Waals surface area (Å²) in [7, 11) is 0. The van der Waals surface area contributed by atoms with Crippen molar-refractivity contribution in [2.75, 3.05) is 0 Å². The number of hydrogen-bond acceptors (Lipinski definition) is 1. The lowest BCUT2D eigenvalue weighted by Gasteiger charge is -2.10. The van der Waals surface area contributed by atoms with Gasteiger partial charge < -0.3 is 5.11 Å². The van der Waals surface area contributed by atoms with E-state index in [9.17, 15) is 4.79 Å². The summed E-state index contributed by atoms with van der Waals surface area (Å²) in [6, 6.07) is 8.38. The maximum atomic E-state index is 10.6. The summed E-state index contributed by atoms with van der Waals surface area (Å²) in [4.78, 5) is 10.6. The molecule has 2 atom stereocenters. The fourth-order valence-electron chi connectivity index (χ4n) is 2.54. The maximum absolute atomic E-state index is 10.6. The number of benzene rings is 1. The number of carboxylic acid groups (broad SMARTS) is 1. The van der Waals surface area contributed by atoms with E-state index in [1.807, 2.05) is 0 Å². The maximum Gasteiger partial charge on any atom is 0.303 e. The van der Waals surface area contributed by atoms with Gasteiger partial charge in [-0.1, -0.05) is 28.1 Å². The van der Waals surface area contributed by atoms with Gasteiger partial charge in [-0.25, -0.2) is 0 Å². The predicted molar refractivity (Wildman–Crippen MR) is 66.5 cm³/mol. The number of carbonyl (C=O) groups is 1. The van der Waals surface area contributed by atoms with Gasteiger partial charge in [0.05, 0.1) is 0 Å². The Balaban J connectivity index is 1.98. The van der Waals surface area contributed by atoms with E-state index < -0.39 is 5.97 Å². The number of halogens is 1. The van der Waals surface area contributed by atoms with Crippen molar-refractivity contribution in [2.24, 2.45) is 5.92 Å². The van der Waals surface area contributed by atoms with Gasteiger partial charge in [-0.2, -0.15) is 0 Å². The highest BCUT2D eigenvalue weighted by atomic mass is 79.9. The second-order valence-electron chi connectivity index (χ2n) is 4.53. The van der Waals surface area contributed by atoms with Crippen molar-refractivity contribution >= 4 is 21.9 Å². The van der Waals surface area contributed by atoms with Crippen LogP contribution < -0.4 is 0 Å². The van der Waals surface area contributed by atoms with E-state index in [4.69, 9.17) is 5.11 Å². The Morgan fingerprint density at radius 1 is 1.31 bits per heavy atom. The average molecular weight is 283 g/mol. The first kappa shape index (κ1) is 11.6. The van der Waals surface area contributed by atoms with Crippen molar-refractivity contribution < 1.29 is 9.90 Å². The summed E-state index contributed by atoms with van der Waals surface area (Å²) in [6.45, 7) is 0. The minimum Gasteiger partial charge on any atom is -0.481 e. The molecule has 0 aliphatic heterocycles. The van der Waals surface area contributed by atoms with Crippen molar-refractivity contribution in [3.8, 4) is 0 Å². The summed E-state index contributed by atoms with van der Waals surface area (Å²) >= 11 is 3.42. The molecular formula is C13H15BrO2. The fourth-order valence-corrected chi connectivity index (χ4v) is 2.81.